The predicted molar refractivity (Wildman–Crippen MR) is 111 cm³/mol. The molecule has 1 heterocycles. The Balaban J connectivity index is 0.000000433. The second kappa shape index (κ2) is 7.97. The summed E-state index contributed by atoms with van der Waals surface area (Å²) in [7, 11) is 6.00. The number of benzene rings is 2. The second-order valence-corrected chi connectivity index (χ2v) is 7.14. The maximum atomic E-state index is 3.58. The van der Waals surface area contributed by atoms with Crippen LogP contribution >= 0.6 is 22.6 Å². The van der Waals surface area contributed by atoms with Crippen molar-refractivity contribution in [2.24, 2.45) is 0 Å². The van der Waals surface area contributed by atoms with Gasteiger partial charge in [0.1, 0.15) is 0 Å². The normalized spacial score (nSPS) is 10.7. The third kappa shape index (κ3) is 4.58. The number of hydrogen-bond donors (Lipinski definition) is 1. The quantitative estimate of drug-likeness (QED) is 0.425. The van der Waals surface area contributed by atoms with Gasteiger partial charge in [0.05, 0.1) is 5.69 Å². The molecule has 3 rings (SSSR count). The summed E-state index contributed by atoms with van der Waals surface area (Å²) in [6.07, 6.45) is 0. The Morgan fingerprint density at radius 3 is 2.09 bits per heavy atom. The first-order valence-corrected chi connectivity index (χ1v) is 9.30. The lowest BCUT2D eigenvalue weighted by Crippen LogP contribution is -1.99. The summed E-state index contributed by atoms with van der Waals surface area (Å²) < 4.78 is 1.02. The van der Waals surface area contributed by atoms with Gasteiger partial charge >= 0.3 is 0 Å². The van der Waals surface area contributed by atoms with Gasteiger partial charge in [-0.15, -0.1) is 0 Å². The minimum absolute atomic E-state index is 1.02. The van der Waals surface area contributed by atoms with Crippen molar-refractivity contribution in [2.75, 3.05) is 21.1 Å². The first-order valence-electron chi connectivity index (χ1n) is 7.77. The molecule has 3 aromatic rings. The molecule has 3 heteroatoms. The van der Waals surface area contributed by atoms with Crippen molar-refractivity contribution >= 4 is 33.5 Å². The van der Waals surface area contributed by atoms with Crippen LogP contribution in [0.25, 0.3) is 22.2 Å². The van der Waals surface area contributed by atoms with E-state index in [-0.39, 0.29) is 0 Å². The van der Waals surface area contributed by atoms with Crippen molar-refractivity contribution in [1.82, 2.24) is 9.88 Å². The van der Waals surface area contributed by atoms with Crippen LogP contribution in [0, 0.1) is 13.8 Å². The van der Waals surface area contributed by atoms with E-state index < -0.39 is 0 Å². The number of hydrogen-bond acceptors (Lipinski definition) is 1. The fraction of sp³-hybridized carbons (Fsp3) is 0.300. The molecule has 0 amide bonds. The van der Waals surface area contributed by atoms with E-state index in [9.17, 15) is 0 Å². The number of rotatable bonds is 2. The maximum absolute atomic E-state index is 3.58. The van der Waals surface area contributed by atoms with E-state index in [1.807, 2.05) is 26.0 Å². The Bertz CT molecular complexity index is 764. The molecule has 0 bridgehead atoms. The molecule has 0 unspecified atom stereocenters. The summed E-state index contributed by atoms with van der Waals surface area (Å²) in [6.45, 7) is 4.31. The molecule has 23 heavy (non-hydrogen) atoms. The van der Waals surface area contributed by atoms with Gasteiger partial charge in [0.2, 0.25) is 0 Å². The maximum Gasteiger partial charge on any atom is 0.0505 e. The summed E-state index contributed by atoms with van der Waals surface area (Å²) in [4.78, 5) is 5.58. The lowest BCUT2D eigenvalue weighted by Gasteiger charge is -2.05. The average Bonchev–Trinajstić information content (AvgIpc) is 2.84. The Morgan fingerprint density at radius 2 is 1.52 bits per heavy atom. The van der Waals surface area contributed by atoms with Crippen molar-refractivity contribution in [2.45, 2.75) is 18.3 Å². The Hall–Kier alpha value is -1.33. The molecule has 0 radical (unpaired) electrons. The van der Waals surface area contributed by atoms with Crippen LogP contribution < -0.4 is 0 Å². The number of aryl methyl sites for hydroxylation is 2. The highest BCUT2D eigenvalue weighted by Crippen LogP contribution is 2.32. The van der Waals surface area contributed by atoms with Crippen LogP contribution in [0.5, 0.6) is 0 Å². The summed E-state index contributed by atoms with van der Waals surface area (Å²) >= 11 is 2.45. The van der Waals surface area contributed by atoms with Crippen LogP contribution in [0.3, 0.4) is 0 Å². The molecule has 0 saturated heterocycles. The molecule has 0 atom stereocenters. The standard InChI is InChI=1S/C17H16IN.C3H9N/c1-11-7-12(2)9-13(8-11)17-15(10-18)14-5-3-4-6-16(14)19-17;1-4(2)3/h3-9,19H,10H2,1-2H3;1-3H3. The zero-order valence-corrected chi connectivity index (χ0v) is 16.7. The van der Waals surface area contributed by atoms with Crippen molar-refractivity contribution in [1.29, 1.82) is 0 Å². The predicted octanol–water partition coefficient (Wildman–Crippen LogP) is 5.56. The first-order chi connectivity index (χ1) is 10.9. The fourth-order valence-corrected chi connectivity index (χ4v) is 3.50. The Morgan fingerprint density at radius 1 is 0.957 bits per heavy atom. The number of fused-ring (bicyclic) bond motifs is 1. The number of aromatic nitrogens is 1. The summed E-state index contributed by atoms with van der Waals surface area (Å²) in [6, 6.07) is 15.3. The highest BCUT2D eigenvalue weighted by Gasteiger charge is 2.12. The van der Waals surface area contributed by atoms with Crippen LogP contribution in [-0.4, -0.2) is 31.0 Å². The minimum atomic E-state index is 1.02. The fourth-order valence-electron chi connectivity index (χ4n) is 2.70. The zero-order valence-electron chi connectivity index (χ0n) is 14.6. The smallest absolute Gasteiger partial charge is 0.0505 e. The van der Waals surface area contributed by atoms with Crippen LogP contribution in [-0.2, 0) is 4.43 Å². The van der Waals surface area contributed by atoms with Gasteiger partial charge in [-0.25, -0.2) is 0 Å². The highest BCUT2D eigenvalue weighted by atomic mass is 127. The van der Waals surface area contributed by atoms with Gasteiger partial charge in [-0.1, -0.05) is 58.0 Å². The largest absolute Gasteiger partial charge is 0.354 e. The lowest BCUT2D eigenvalue weighted by atomic mass is 10.0. The van der Waals surface area contributed by atoms with Crippen LogP contribution in [0.2, 0.25) is 0 Å². The van der Waals surface area contributed by atoms with Crippen LogP contribution in [0.15, 0.2) is 42.5 Å². The second-order valence-electron chi connectivity index (χ2n) is 6.38. The molecule has 0 fully saturated rings. The number of alkyl halides is 1. The highest BCUT2D eigenvalue weighted by molar-refractivity contribution is 14.1. The topological polar surface area (TPSA) is 19.0 Å². The molecule has 0 aliphatic rings. The summed E-state index contributed by atoms with van der Waals surface area (Å²) in [5.74, 6) is 0. The van der Waals surface area contributed by atoms with Gasteiger partial charge in [0.25, 0.3) is 0 Å². The van der Waals surface area contributed by atoms with Gasteiger partial charge in [-0.3, -0.25) is 0 Å². The third-order valence-electron chi connectivity index (χ3n) is 3.46. The number of nitrogens with zero attached hydrogens (tertiary/aromatic N) is 1. The SMILES string of the molecule is CN(C)C.Cc1cc(C)cc(-c2[nH]c3ccccc3c2CI)c1. The average molecular weight is 420 g/mol. The molecule has 122 valence electrons. The van der Waals surface area contributed by atoms with Crippen LogP contribution in [0.4, 0.5) is 0 Å². The van der Waals surface area contributed by atoms with Gasteiger partial charge in [-0.2, -0.15) is 0 Å². The van der Waals surface area contributed by atoms with Crippen molar-refractivity contribution in [3.05, 3.63) is 59.2 Å². The van der Waals surface area contributed by atoms with Gasteiger partial charge in [0.15, 0.2) is 0 Å². The zero-order chi connectivity index (χ0) is 17.0. The van der Waals surface area contributed by atoms with Crippen molar-refractivity contribution < 1.29 is 0 Å². The molecule has 1 N–H and O–H groups in total. The monoisotopic (exact) mass is 420 g/mol. The van der Waals surface area contributed by atoms with E-state index in [0.29, 0.717) is 0 Å². The number of aromatic amines is 1. The number of nitrogens with one attached hydrogen (secondary N) is 1. The van der Waals surface area contributed by atoms with Gasteiger partial charge < -0.3 is 9.88 Å². The first kappa shape index (κ1) is 18.0. The van der Waals surface area contributed by atoms with E-state index in [2.05, 4.69) is 83.9 Å². The number of H-pyrrole nitrogens is 1. The molecule has 0 saturated carbocycles. The molecular weight excluding hydrogens is 395 g/mol. The van der Waals surface area contributed by atoms with Crippen molar-refractivity contribution in [3.63, 3.8) is 0 Å². The number of para-hydroxylation sites is 1. The Labute approximate surface area is 153 Å². The summed E-state index contributed by atoms with van der Waals surface area (Å²) in [5.41, 5.74) is 7.81. The molecule has 0 spiro atoms. The molecule has 0 aliphatic carbocycles. The Kier molecular flexibility index (Phi) is 6.25. The third-order valence-corrected chi connectivity index (χ3v) is 4.22. The van der Waals surface area contributed by atoms with Crippen LogP contribution in [0.1, 0.15) is 16.7 Å². The summed E-state index contributed by atoms with van der Waals surface area (Å²) in [5, 5.41) is 1.34. The van der Waals surface area contributed by atoms with Crippen molar-refractivity contribution in [3.8, 4) is 11.3 Å². The molecular formula is C20H25IN2. The molecule has 0 aliphatic heterocycles. The minimum Gasteiger partial charge on any atom is -0.354 e. The van der Waals surface area contributed by atoms with E-state index in [1.54, 1.807) is 0 Å². The van der Waals surface area contributed by atoms with E-state index in [0.717, 1.165) is 4.43 Å². The lowest BCUT2D eigenvalue weighted by molar-refractivity contribution is 0.505. The van der Waals surface area contributed by atoms with Gasteiger partial charge in [-0.05, 0) is 64.3 Å². The number of halogens is 1. The van der Waals surface area contributed by atoms with E-state index in [1.165, 1.54) is 38.9 Å². The van der Waals surface area contributed by atoms with Gasteiger partial charge in [0, 0.05) is 15.3 Å². The van der Waals surface area contributed by atoms with E-state index in [4.69, 9.17) is 0 Å². The molecule has 1 aromatic heterocycles. The molecule has 2 nitrogen and oxygen atoms in total. The molecule has 2 aromatic carbocycles. The van der Waals surface area contributed by atoms with E-state index >= 15 is 0 Å².